The van der Waals surface area contributed by atoms with Crippen molar-refractivity contribution >= 4 is 23.4 Å². The van der Waals surface area contributed by atoms with Crippen LogP contribution in [0.1, 0.15) is 35.7 Å². The summed E-state index contributed by atoms with van der Waals surface area (Å²) in [6.45, 7) is 2.59. The van der Waals surface area contributed by atoms with Crippen LogP contribution in [0.15, 0.2) is 24.3 Å². The van der Waals surface area contributed by atoms with Gasteiger partial charge in [0.15, 0.2) is 0 Å². The summed E-state index contributed by atoms with van der Waals surface area (Å²) in [5, 5.41) is 0. The monoisotopic (exact) mass is 265 g/mol. The molecule has 3 nitrogen and oxygen atoms in total. The predicted octanol–water partition coefficient (Wildman–Crippen LogP) is 2.82. The molecule has 0 bridgehead atoms. The Labute approximate surface area is 112 Å². The number of alkyl halides is 1. The summed E-state index contributed by atoms with van der Waals surface area (Å²) in [6.07, 6.45) is 1.42. The molecule has 1 aliphatic rings. The molecule has 18 heavy (non-hydrogen) atoms. The SMILES string of the molecule is CCC1CC(=O)N(C(=O)c2ccc(CCl)cc2)C1. The second-order valence-corrected chi connectivity index (χ2v) is 4.89. The highest BCUT2D eigenvalue weighted by Gasteiger charge is 2.33. The Morgan fingerprint density at radius 2 is 2.06 bits per heavy atom. The van der Waals surface area contributed by atoms with Gasteiger partial charge in [-0.25, -0.2) is 0 Å². The summed E-state index contributed by atoms with van der Waals surface area (Å²) in [6, 6.07) is 7.09. The number of amides is 2. The molecule has 4 heteroatoms. The molecule has 1 fully saturated rings. The smallest absolute Gasteiger partial charge is 0.260 e. The van der Waals surface area contributed by atoms with Crippen LogP contribution in [0.25, 0.3) is 0 Å². The Hall–Kier alpha value is -1.35. The van der Waals surface area contributed by atoms with Gasteiger partial charge in [0, 0.05) is 24.4 Å². The number of likely N-dealkylation sites (tertiary alicyclic amines) is 1. The van der Waals surface area contributed by atoms with E-state index in [1.165, 1.54) is 4.90 Å². The van der Waals surface area contributed by atoms with Crippen molar-refractivity contribution in [2.24, 2.45) is 5.92 Å². The van der Waals surface area contributed by atoms with E-state index in [1.54, 1.807) is 12.1 Å². The minimum Gasteiger partial charge on any atom is -0.278 e. The van der Waals surface area contributed by atoms with E-state index in [4.69, 9.17) is 11.6 Å². The normalized spacial score (nSPS) is 19.3. The molecule has 0 spiro atoms. The summed E-state index contributed by atoms with van der Waals surface area (Å²) in [5.74, 6) is 0.476. The topological polar surface area (TPSA) is 37.4 Å². The molecule has 1 saturated heterocycles. The van der Waals surface area contributed by atoms with E-state index in [0.29, 0.717) is 30.3 Å². The first-order valence-electron chi connectivity index (χ1n) is 6.15. The molecule has 0 radical (unpaired) electrons. The highest BCUT2D eigenvalue weighted by molar-refractivity contribution is 6.17. The number of halogens is 1. The van der Waals surface area contributed by atoms with E-state index < -0.39 is 0 Å². The van der Waals surface area contributed by atoms with Crippen LogP contribution in [0.2, 0.25) is 0 Å². The Kier molecular flexibility index (Phi) is 4.02. The van der Waals surface area contributed by atoms with Crippen LogP contribution in [-0.4, -0.2) is 23.3 Å². The molecule has 1 aromatic carbocycles. The van der Waals surface area contributed by atoms with Crippen molar-refractivity contribution in [2.75, 3.05) is 6.54 Å². The lowest BCUT2D eigenvalue weighted by atomic mass is 10.1. The number of rotatable bonds is 3. The molecule has 0 aliphatic carbocycles. The molecule has 1 aliphatic heterocycles. The van der Waals surface area contributed by atoms with Crippen LogP contribution >= 0.6 is 11.6 Å². The number of benzene rings is 1. The number of imide groups is 1. The van der Waals surface area contributed by atoms with Crippen LogP contribution in [-0.2, 0) is 10.7 Å². The Morgan fingerprint density at radius 3 is 2.56 bits per heavy atom. The van der Waals surface area contributed by atoms with Gasteiger partial charge in [-0.15, -0.1) is 11.6 Å². The number of hydrogen-bond acceptors (Lipinski definition) is 2. The zero-order valence-corrected chi connectivity index (χ0v) is 11.1. The minimum absolute atomic E-state index is 0.0618. The minimum atomic E-state index is -0.197. The van der Waals surface area contributed by atoms with Crippen molar-refractivity contribution in [2.45, 2.75) is 25.6 Å². The lowest BCUT2D eigenvalue weighted by Crippen LogP contribution is -2.32. The van der Waals surface area contributed by atoms with Gasteiger partial charge in [-0.3, -0.25) is 14.5 Å². The quantitative estimate of drug-likeness (QED) is 0.623. The molecule has 96 valence electrons. The van der Waals surface area contributed by atoms with Crippen LogP contribution in [0.5, 0.6) is 0 Å². The third kappa shape index (κ3) is 2.56. The lowest BCUT2D eigenvalue weighted by Gasteiger charge is -2.14. The zero-order valence-electron chi connectivity index (χ0n) is 10.4. The summed E-state index contributed by atoms with van der Waals surface area (Å²) < 4.78 is 0. The average molecular weight is 266 g/mol. The van der Waals surface area contributed by atoms with Crippen LogP contribution in [0.4, 0.5) is 0 Å². The maximum absolute atomic E-state index is 12.2. The number of carbonyl (C=O) groups excluding carboxylic acids is 2. The van der Waals surface area contributed by atoms with Crippen LogP contribution in [0.3, 0.4) is 0 Å². The van der Waals surface area contributed by atoms with E-state index in [0.717, 1.165) is 12.0 Å². The Balaban J connectivity index is 2.13. The molecule has 0 aromatic heterocycles. The van der Waals surface area contributed by atoms with Crippen molar-refractivity contribution in [3.63, 3.8) is 0 Å². The van der Waals surface area contributed by atoms with Crippen molar-refractivity contribution in [3.05, 3.63) is 35.4 Å². The summed E-state index contributed by atoms with van der Waals surface area (Å²) in [5.41, 5.74) is 1.52. The van der Waals surface area contributed by atoms with Gasteiger partial charge in [0.2, 0.25) is 5.91 Å². The van der Waals surface area contributed by atoms with Gasteiger partial charge in [-0.1, -0.05) is 25.5 Å². The fourth-order valence-corrected chi connectivity index (χ4v) is 2.32. The lowest BCUT2D eigenvalue weighted by molar-refractivity contribution is -0.125. The second-order valence-electron chi connectivity index (χ2n) is 4.62. The van der Waals surface area contributed by atoms with Gasteiger partial charge in [0.1, 0.15) is 0 Å². The molecule has 2 rings (SSSR count). The summed E-state index contributed by atoms with van der Waals surface area (Å²) >= 11 is 5.70. The van der Waals surface area contributed by atoms with E-state index in [-0.39, 0.29) is 11.8 Å². The van der Waals surface area contributed by atoms with E-state index in [9.17, 15) is 9.59 Å². The molecule has 1 heterocycles. The Bertz CT molecular complexity index is 455. The van der Waals surface area contributed by atoms with Crippen LogP contribution < -0.4 is 0 Å². The fraction of sp³-hybridized carbons (Fsp3) is 0.429. The van der Waals surface area contributed by atoms with Crippen molar-refractivity contribution in [1.82, 2.24) is 4.90 Å². The molecule has 1 aromatic rings. The molecule has 2 amide bonds. The number of nitrogens with zero attached hydrogens (tertiary/aromatic N) is 1. The summed E-state index contributed by atoms with van der Waals surface area (Å²) in [7, 11) is 0. The van der Waals surface area contributed by atoms with Gasteiger partial charge in [-0.05, 0) is 23.6 Å². The molecule has 1 unspecified atom stereocenters. The molecule has 0 N–H and O–H groups in total. The van der Waals surface area contributed by atoms with Gasteiger partial charge in [0.25, 0.3) is 5.91 Å². The average Bonchev–Trinajstić information content (AvgIpc) is 2.79. The standard InChI is InChI=1S/C14H16ClNO2/c1-2-10-7-13(17)16(9-10)14(18)12-5-3-11(8-15)4-6-12/h3-6,10H,2,7-9H2,1H3. The van der Waals surface area contributed by atoms with Crippen LogP contribution in [0, 0.1) is 5.92 Å². The number of carbonyl (C=O) groups is 2. The van der Waals surface area contributed by atoms with Gasteiger partial charge < -0.3 is 0 Å². The Morgan fingerprint density at radius 1 is 1.39 bits per heavy atom. The van der Waals surface area contributed by atoms with Gasteiger partial charge in [-0.2, -0.15) is 0 Å². The highest BCUT2D eigenvalue weighted by atomic mass is 35.5. The maximum atomic E-state index is 12.2. The highest BCUT2D eigenvalue weighted by Crippen LogP contribution is 2.22. The third-order valence-corrected chi connectivity index (χ3v) is 3.69. The predicted molar refractivity (Wildman–Crippen MR) is 70.4 cm³/mol. The molecule has 1 atom stereocenters. The fourth-order valence-electron chi connectivity index (χ4n) is 2.14. The number of hydrogen-bond donors (Lipinski definition) is 0. The first-order valence-corrected chi connectivity index (χ1v) is 6.68. The zero-order chi connectivity index (χ0) is 13.1. The van der Waals surface area contributed by atoms with E-state index >= 15 is 0 Å². The van der Waals surface area contributed by atoms with Crippen molar-refractivity contribution in [1.29, 1.82) is 0 Å². The van der Waals surface area contributed by atoms with Crippen molar-refractivity contribution < 1.29 is 9.59 Å². The van der Waals surface area contributed by atoms with Crippen molar-refractivity contribution in [3.8, 4) is 0 Å². The van der Waals surface area contributed by atoms with E-state index in [2.05, 4.69) is 0 Å². The van der Waals surface area contributed by atoms with Gasteiger partial charge >= 0.3 is 0 Å². The van der Waals surface area contributed by atoms with Gasteiger partial charge in [0.05, 0.1) is 0 Å². The first-order chi connectivity index (χ1) is 8.65. The first kappa shape index (κ1) is 13.1. The largest absolute Gasteiger partial charge is 0.278 e. The van der Waals surface area contributed by atoms with E-state index in [1.807, 2.05) is 19.1 Å². The second kappa shape index (κ2) is 5.53. The molecule has 0 saturated carbocycles. The molecular weight excluding hydrogens is 250 g/mol. The molecular formula is C14H16ClNO2. The maximum Gasteiger partial charge on any atom is 0.260 e. The summed E-state index contributed by atoms with van der Waals surface area (Å²) in [4.78, 5) is 25.3. The third-order valence-electron chi connectivity index (χ3n) is 3.38.